The molecule has 0 saturated carbocycles. The summed E-state index contributed by atoms with van der Waals surface area (Å²) in [6, 6.07) is 4.57. The predicted octanol–water partition coefficient (Wildman–Crippen LogP) is 3.85. The van der Waals surface area contributed by atoms with Crippen LogP contribution in [0, 0.1) is 0 Å². The van der Waals surface area contributed by atoms with E-state index in [0.29, 0.717) is 0 Å². The molecular formula is C15H12. The minimum atomic E-state index is 1.08. The van der Waals surface area contributed by atoms with Crippen LogP contribution in [0.4, 0.5) is 0 Å². The quantitative estimate of drug-likeness (QED) is 0.585. The lowest BCUT2D eigenvalue weighted by atomic mass is 9.98. The molecule has 0 heterocycles. The molecule has 0 N–H and O–H groups in total. The molecule has 15 heavy (non-hydrogen) atoms. The lowest BCUT2D eigenvalue weighted by molar-refractivity contribution is 1.30. The van der Waals surface area contributed by atoms with Crippen molar-refractivity contribution in [3.8, 4) is 0 Å². The Kier molecular flexibility index (Phi) is 1.92. The second-order valence-electron chi connectivity index (χ2n) is 3.89. The molecule has 0 amide bonds. The van der Waals surface area contributed by atoms with Gasteiger partial charge < -0.3 is 0 Å². The standard InChI is InChI=1S/C15H12/c1-2-4-7-13-11-15-9-5-8-14(15)10-12(13)6-3-1/h1-8,10-11H,9H2. The average Bonchev–Trinajstić information content (AvgIpc) is 2.64. The Morgan fingerprint density at radius 3 is 2.20 bits per heavy atom. The highest BCUT2D eigenvalue weighted by Gasteiger charge is 2.08. The molecule has 0 atom stereocenters. The molecule has 1 aromatic rings. The molecule has 0 unspecified atom stereocenters. The molecule has 0 radical (unpaired) electrons. The Morgan fingerprint density at radius 2 is 1.40 bits per heavy atom. The first-order valence-electron chi connectivity index (χ1n) is 5.28. The van der Waals surface area contributed by atoms with Gasteiger partial charge in [-0.1, -0.05) is 54.7 Å². The number of rotatable bonds is 0. The Bertz CT molecular complexity index is 511. The average molecular weight is 192 g/mol. The monoisotopic (exact) mass is 192 g/mol. The molecule has 0 aromatic heterocycles. The van der Waals surface area contributed by atoms with E-state index in [1.165, 1.54) is 22.3 Å². The van der Waals surface area contributed by atoms with Gasteiger partial charge in [-0.2, -0.15) is 0 Å². The van der Waals surface area contributed by atoms with Crippen molar-refractivity contribution < 1.29 is 0 Å². The van der Waals surface area contributed by atoms with Gasteiger partial charge in [0, 0.05) is 0 Å². The van der Waals surface area contributed by atoms with Crippen LogP contribution < -0.4 is 0 Å². The van der Waals surface area contributed by atoms with E-state index in [0.717, 1.165) is 6.42 Å². The molecule has 0 nitrogen and oxygen atoms in total. The third-order valence-corrected chi connectivity index (χ3v) is 2.86. The number of allylic oxidation sites excluding steroid dienone is 5. The van der Waals surface area contributed by atoms with Crippen molar-refractivity contribution in [2.75, 3.05) is 0 Å². The topological polar surface area (TPSA) is 0 Å². The molecule has 0 saturated heterocycles. The molecule has 0 heteroatoms. The number of benzene rings is 1. The summed E-state index contributed by atoms with van der Waals surface area (Å²) in [5.41, 5.74) is 5.44. The van der Waals surface area contributed by atoms with Crippen molar-refractivity contribution in [2.24, 2.45) is 0 Å². The van der Waals surface area contributed by atoms with Gasteiger partial charge in [-0.15, -0.1) is 0 Å². The lowest BCUT2D eigenvalue weighted by Crippen LogP contribution is -1.88. The van der Waals surface area contributed by atoms with Crippen molar-refractivity contribution in [1.29, 1.82) is 0 Å². The van der Waals surface area contributed by atoms with Gasteiger partial charge in [-0.05, 0) is 34.7 Å². The molecule has 3 rings (SSSR count). The molecule has 0 bridgehead atoms. The molecule has 2 aliphatic carbocycles. The molecular weight excluding hydrogens is 180 g/mol. The Hall–Kier alpha value is -1.82. The molecule has 0 spiro atoms. The number of fused-ring (bicyclic) bond motifs is 2. The maximum atomic E-state index is 2.30. The van der Waals surface area contributed by atoms with Crippen LogP contribution in [0.2, 0.25) is 0 Å². The molecule has 2 aliphatic rings. The van der Waals surface area contributed by atoms with E-state index in [-0.39, 0.29) is 0 Å². The van der Waals surface area contributed by atoms with E-state index in [2.05, 4.69) is 60.7 Å². The van der Waals surface area contributed by atoms with E-state index in [1.807, 2.05) is 0 Å². The molecule has 0 aliphatic heterocycles. The lowest BCUT2D eigenvalue weighted by Gasteiger charge is -2.07. The zero-order valence-electron chi connectivity index (χ0n) is 8.48. The summed E-state index contributed by atoms with van der Waals surface area (Å²) in [5.74, 6) is 0. The first kappa shape index (κ1) is 8.49. The number of hydrogen-bond acceptors (Lipinski definition) is 0. The fourth-order valence-corrected chi connectivity index (χ4v) is 2.08. The molecule has 1 aromatic carbocycles. The first-order valence-corrected chi connectivity index (χ1v) is 5.28. The van der Waals surface area contributed by atoms with Crippen molar-refractivity contribution in [1.82, 2.24) is 0 Å². The van der Waals surface area contributed by atoms with Gasteiger partial charge in [-0.25, -0.2) is 0 Å². The van der Waals surface area contributed by atoms with E-state index in [9.17, 15) is 0 Å². The third kappa shape index (κ3) is 1.48. The normalized spacial score (nSPS) is 16.0. The highest BCUT2D eigenvalue weighted by atomic mass is 14.1. The summed E-state index contributed by atoms with van der Waals surface area (Å²) in [7, 11) is 0. The third-order valence-electron chi connectivity index (χ3n) is 2.86. The maximum absolute atomic E-state index is 2.30. The fourth-order valence-electron chi connectivity index (χ4n) is 2.08. The minimum absolute atomic E-state index is 1.08. The number of hydrogen-bond donors (Lipinski definition) is 0. The summed E-state index contributed by atoms with van der Waals surface area (Å²) < 4.78 is 0. The van der Waals surface area contributed by atoms with Crippen LogP contribution in [0.25, 0.3) is 18.2 Å². The summed E-state index contributed by atoms with van der Waals surface area (Å²) in [6.45, 7) is 0. The Labute approximate surface area is 89.9 Å². The van der Waals surface area contributed by atoms with Crippen LogP contribution in [-0.4, -0.2) is 0 Å². The van der Waals surface area contributed by atoms with Gasteiger partial charge in [0.1, 0.15) is 0 Å². The van der Waals surface area contributed by atoms with Crippen LogP contribution >= 0.6 is 0 Å². The smallest absolute Gasteiger partial charge is 0.00880 e. The molecule has 72 valence electrons. The van der Waals surface area contributed by atoms with Gasteiger partial charge in [0.15, 0.2) is 0 Å². The summed E-state index contributed by atoms with van der Waals surface area (Å²) in [4.78, 5) is 0. The van der Waals surface area contributed by atoms with Gasteiger partial charge in [0.25, 0.3) is 0 Å². The minimum Gasteiger partial charge on any atom is -0.0795 e. The summed E-state index contributed by atoms with van der Waals surface area (Å²) in [6.07, 6.45) is 18.2. The van der Waals surface area contributed by atoms with Crippen LogP contribution in [0.5, 0.6) is 0 Å². The van der Waals surface area contributed by atoms with E-state index < -0.39 is 0 Å². The largest absolute Gasteiger partial charge is 0.0795 e. The highest BCUT2D eigenvalue weighted by molar-refractivity contribution is 5.74. The van der Waals surface area contributed by atoms with Gasteiger partial charge in [-0.3, -0.25) is 0 Å². The highest BCUT2D eigenvalue weighted by Crippen LogP contribution is 2.26. The zero-order valence-corrected chi connectivity index (χ0v) is 8.48. The fraction of sp³-hybridized carbons (Fsp3) is 0.0667. The maximum Gasteiger partial charge on any atom is -0.00880 e. The Balaban J connectivity index is 2.20. The van der Waals surface area contributed by atoms with E-state index in [1.54, 1.807) is 0 Å². The van der Waals surface area contributed by atoms with Crippen LogP contribution in [0.15, 0.2) is 42.5 Å². The van der Waals surface area contributed by atoms with Crippen LogP contribution in [-0.2, 0) is 6.42 Å². The van der Waals surface area contributed by atoms with Crippen LogP contribution in [0.3, 0.4) is 0 Å². The second-order valence-corrected chi connectivity index (χ2v) is 3.89. The van der Waals surface area contributed by atoms with Crippen molar-refractivity contribution >= 4 is 18.2 Å². The second kappa shape index (κ2) is 3.39. The summed E-state index contributed by atoms with van der Waals surface area (Å²) >= 11 is 0. The van der Waals surface area contributed by atoms with Gasteiger partial charge >= 0.3 is 0 Å². The first-order chi connectivity index (χ1) is 7.43. The molecule has 0 fully saturated rings. The SMILES string of the molecule is C1=CC=Cc2cc3c(cc2C=C1)C=CC3. The van der Waals surface area contributed by atoms with Crippen molar-refractivity contribution in [2.45, 2.75) is 6.42 Å². The Morgan fingerprint density at radius 1 is 0.667 bits per heavy atom. The predicted molar refractivity (Wildman–Crippen MR) is 66.4 cm³/mol. The van der Waals surface area contributed by atoms with E-state index in [4.69, 9.17) is 0 Å². The van der Waals surface area contributed by atoms with Gasteiger partial charge in [0.05, 0.1) is 0 Å². The van der Waals surface area contributed by atoms with Crippen LogP contribution in [0.1, 0.15) is 22.3 Å². The summed E-state index contributed by atoms with van der Waals surface area (Å²) in [5, 5.41) is 0. The zero-order chi connectivity index (χ0) is 10.1. The van der Waals surface area contributed by atoms with Gasteiger partial charge in [0.2, 0.25) is 0 Å². The van der Waals surface area contributed by atoms with Crippen molar-refractivity contribution in [3.05, 3.63) is 64.8 Å². The van der Waals surface area contributed by atoms with E-state index >= 15 is 0 Å². The van der Waals surface area contributed by atoms with Crippen molar-refractivity contribution in [3.63, 3.8) is 0 Å².